The molecule has 0 radical (unpaired) electrons. The van der Waals surface area contributed by atoms with Gasteiger partial charge < -0.3 is 20.1 Å². The quantitative estimate of drug-likeness (QED) is 0.515. The molecule has 0 spiro atoms. The topological polar surface area (TPSA) is 76.7 Å². The fourth-order valence-electron chi connectivity index (χ4n) is 2.62. The SMILES string of the molecule is CCOc1cc(/C=C2\SC(=S)NC2=O)ccc1OCC(=O)Nc1ccccc1C. The maximum atomic E-state index is 12.2. The lowest BCUT2D eigenvalue weighted by atomic mass is 10.2. The monoisotopic (exact) mass is 428 g/mol. The first kappa shape index (κ1) is 20.9. The van der Waals surface area contributed by atoms with Crippen LogP contribution in [0.2, 0.25) is 0 Å². The maximum absolute atomic E-state index is 12.2. The molecule has 1 saturated heterocycles. The molecule has 8 heteroatoms. The number of carbonyl (C=O) groups is 2. The number of thiocarbonyl (C=S) groups is 1. The van der Waals surface area contributed by atoms with E-state index < -0.39 is 0 Å². The molecular formula is C21H20N2O4S2. The highest BCUT2D eigenvalue weighted by atomic mass is 32.2. The molecule has 1 aliphatic heterocycles. The molecule has 0 saturated carbocycles. The van der Waals surface area contributed by atoms with Crippen LogP contribution in [0.3, 0.4) is 0 Å². The average molecular weight is 429 g/mol. The van der Waals surface area contributed by atoms with E-state index in [1.54, 1.807) is 24.3 Å². The lowest BCUT2D eigenvalue weighted by molar-refractivity contribution is -0.118. The summed E-state index contributed by atoms with van der Waals surface area (Å²) in [6.45, 7) is 4.07. The van der Waals surface area contributed by atoms with Gasteiger partial charge >= 0.3 is 0 Å². The number of rotatable bonds is 7. The molecule has 29 heavy (non-hydrogen) atoms. The van der Waals surface area contributed by atoms with Crippen molar-refractivity contribution in [3.8, 4) is 11.5 Å². The third-order valence-electron chi connectivity index (χ3n) is 3.99. The van der Waals surface area contributed by atoms with E-state index in [4.69, 9.17) is 21.7 Å². The van der Waals surface area contributed by atoms with Gasteiger partial charge in [-0.15, -0.1) is 0 Å². The third kappa shape index (κ3) is 5.58. The number of anilines is 1. The number of nitrogens with one attached hydrogen (secondary N) is 2. The molecule has 3 rings (SSSR count). The predicted molar refractivity (Wildman–Crippen MR) is 119 cm³/mol. The number of hydrogen-bond acceptors (Lipinski definition) is 6. The van der Waals surface area contributed by atoms with Crippen LogP contribution in [0.5, 0.6) is 11.5 Å². The molecular weight excluding hydrogens is 408 g/mol. The fourth-order valence-corrected chi connectivity index (χ4v) is 3.66. The number of hydrogen-bond donors (Lipinski definition) is 2. The van der Waals surface area contributed by atoms with Crippen LogP contribution in [-0.2, 0) is 9.59 Å². The lowest BCUT2D eigenvalue weighted by Gasteiger charge is -2.13. The normalized spacial score (nSPS) is 14.6. The minimum Gasteiger partial charge on any atom is -0.490 e. The number of amides is 2. The van der Waals surface area contributed by atoms with Crippen molar-refractivity contribution in [1.29, 1.82) is 0 Å². The van der Waals surface area contributed by atoms with Crippen molar-refractivity contribution in [2.75, 3.05) is 18.5 Å². The molecule has 0 aromatic heterocycles. The minimum atomic E-state index is -0.263. The number of para-hydroxylation sites is 1. The zero-order chi connectivity index (χ0) is 20.8. The number of ether oxygens (including phenoxy) is 2. The van der Waals surface area contributed by atoms with Crippen molar-refractivity contribution < 1.29 is 19.1 Å². The Morgan fingerprint density at radius 2 is 2.00 bits per heavy atom. The van der Waals surface area contributed by atoms with Gasteiger partial charge in [0.1, 0.15) is 4.32 Å². The highest BCUT2D eigenvalue weighted by molar-refractivity contribution is 8.26. The first-order valence-corrected chi connectivity index (χ1v) is 10.2. The molecule has 150 valence electrons. The second-order valence-corrected chi connectivity index (χ2v) is 7.86. The number of aryl methyl sites for hydroxylation is 1. The Morgan fingerprint density at radius 1 is 1.21 bits per heavy atom. The van der Waals surface area contributed by atoms with Crippen LogP contribution in [0, 0.1) is 6.92 Å². The van der Waals surface area contributed by atoms with Crippen LogP contribution >= 0.6 is 24.0 Å². The van der Waals surface area contributed by atoms with E-state index in [1.165, 1.54) is 11.8 Å². The summed E-state index contributed by atoms with van der Waals surface area (Å²) in [5.41, 5.74) is 2.49. The van der Waals surface area contributed by atoms with Gasteiger partial charge in [-0.2, -0.15) is 0 Å². The maximum Gasteiger partial charge on any atom is 0.263 e. The first-order chi connectivity index (χ1) is 14.0. The second kappa shape index (κ2) is 9.58. The van der Waals surface area contributed by atoms with E-state index >= 15 is 0 Å². The van der Waals surface area contributed by atoms with Crippen LogP contribution in [0.1, 0.15) is 18.1 Å². The zero-order valence-electron chi connectivity index (χ0n) is 16.0. The molecule has 0 atom stereocenters. The fraction of sp³-hybridized carbons (Fsp3) is 0.190. The molecule has 0 unspecified atom stereocenters. The van der Waals surface area contributed by atoms with Crippen molar-refractivity contribution in [3.63, 3.8) is 0 Å². The van der Waals surface area contributed by atoms with Crippen LogP contribution in [0.15, 0.2) is 47.4 Å². The van der Waals surface area contributed by atoms with Crippen molar-refractivity contribution in [2.24, 2.45) is 0 Å². The van der Waals surface area contributed by atoms with E-state index in [2.05, 4.69) is 10.6 Å². The summed E-state index contributed by atoms with van der Waals surface area (Å²) in [7, 11) is 0. The summed E-state index contributed by atoms with van der Waals surface area (Å²) in [5, 5.41) is 5.41. The highest BCUT2D eigenvalue weighted by Gasteiger charge is 2.22. The van der Waals surface area contributed by atoms with E-state index in [0.717, 1.165) is 16.8 Å². The van der Waals surface area contributed by atoms with Crippen LogP contribution in [-0.4, -0.2) is 29.3 Å². The molecule has 2 aromatic carbocycles. The smallest absolute Gasteiger partial charge is 0.263 e. The molecule has 2 amide bonds. The van der Waals surface area contributed by atoms with Crippen molar-refractivity contribution in [1.82, 2.24) is 5.32 Å². The Balaban J connectivity index is 1.69. The first-order valence-electron chi connectivity index (χ1n) is 8.96. The molecule has 0 bridgehead atoms. The van der Waals surface area contributed by atoms with Crippen molar-refractivity contribution in [3.05, 3.63) is 58.5 Å². The molecule has 0 aliphatic carbocycles. The van der Waals surface area contributed by atoms with Gasteiger partial charge in [0.2, 0.25) is 0 Å². The van der Waals surface area contributed by atoms with Gasteiger partial charge in [-0.1, -0.05) is 48.2 Å². The Hall–Kier alpha value is -2.84. The molecule has 1 aliphatic rings. The number of thioether (sulfide) groups is 1. The zero-order valence-corrected chi connectivity index (χ0v) is 17.6. The van der Waals surface area contributed by atoms with E-state index in [0.29, 0.717) is 27.3 Å². The van der Waals surface area contributed by atoms with Crippen molar-refractivity contribution in [2.45, 2.75) is 13.8 Å². The number of carbonyl (C=O) groups excluding carboxylic acids is 2. The van der Waals surface area contributed by atoms with Crippen molar-refractivity contribution >= 4 is 51.9 Å². The highest BCUT2D eigenvalue weighted by Crippen LogP contribution is 2.32. The van der Waals surface area contributed by atoms with E-state index in [9.17, 15) is 9.59 Å². The summed E-state index contributed by atoms with van der Waals surface area (Å²) < 4.78 is 11.7. The largest absolute Gasteiger partial charge is 0.490 e. The van der Waals surface area contributed by atoms with E-state index in [1.807, 2.05) is 38.1 Å². The van der Waals surface area contributed by atoms with Gasteiger partial charge in [0.15, 0.2) is 18.1 Å². The van der Waals surface area contributed by atoms with Gasteiger partial charge in [-0.05, 0) is 49.2 Å². The minimum absolute atomic E-state index is 0.151. The summed E-state index contributed by atoms with van der Waals surface area (Å²) >= 11 is 6.21. The van der Waals surface area contributed by atoms with Gasteiger partial charge in [0, 0.05) is 5.69 Å². The van der Waals surface area contributed by atoms with Crippen LogP contribution in [0.25, 0.3) is 6.08 Å². The summed E-state index contributed by atoms with van der Waals surface area (Å²) in [6.07, 6.45) is 1.73. The van der Waals surface area contributed by atoms with Gasteiger partial charge in [0.05, 0.1) is 11.5 Å². The van der Waals surface area contributed by atoms with Crippen LogP contribution in [0.4, 0.5) is 5.69 Å². The standard InChI is InChI=1S/C21H20N2O4S2/c1-3-26-17-10-14(11-18-20(25)23-21(28)29-18)8-9-16(17)27-12-19(24)22-15-7-5-4-6-13(15)2/h4-11H,3,12H2,1-2H3,(H,22,24)(H,23,25,28)/b18-11-. The average Bonchev–Trinajstić information content (AvgIpc) is 3.00. The summed E-state index contributed by atoms with van der Waals surface area (Å²) in [5.74, 6) is 0.469. The van der Waals surface area contributed by atoms with Gasteiger partial charge in [0.25, 0.3) is 11.8 Å². The van der Waals surface area contributed by atoms with E-state index in [-0.39, 0.29) is 18.4 Å². The predicted octanol–water partition coefficient (Wildman–Crippen LogP) is 3.90. The molecule has 2 N–H and O–H groups in total. The lowest BCUT2D eigenvalue weighted by Crippen LogP contribution is -2.20. The molecule has 2 aromatic rings. The Morgan fingerprint density at radius 3 is 2.69 bits per heavy atom. The Labute approximate surface area is 178 Å². The Kier molecular flexibility index (Phi) is 6.90. The molecule has 1 fully saturated rings. The molecule has 6 nitrogen and oxygen atoms in total. The summed E-state index contributed by atoms with van der Waals surface area (Å²) in [4.78, 5) is 24.6. The van der Waals surface area contributed by atoms with Crippen LogP contribution < -0.4 is 20.1 Å². The van der Waals surface area contributed by atoms with Gasteiger partial charge in [-0.25, -0.2) is 0 Å². The molecule has 1 heterocycles. The Bertz CT molecular complexity index is 988. The number of benzene rings is 2. The second-order valence-electron chi connectivity index (χ2n) is 6.14. The van der Waals surface area contributed by atoms with Gasteiger partial charge in [-0.3, -0.25) is 9.59 Å². The summed E-state index contributed by atoms with van der Waals surface area (Å²) in [6, 6.07) is 12.8. The third-order valence-corrected chi connectivity index (χ3v) is 5.15.